The highest BCUT2D eigenvalue weighted by molar-refractivity contribution is 5.96. The molecule has 0 saturated heterocycles. The van der Waals surface area contributed by atoms with E-state index in [9.17, 15) is 0 Å². The van der Waals surface area contributed by atoms with Crippen molar-refractivity contribution >= 4 is 0 Å². The Morgan fingerprint density at radius 3 is 1.02 bits per heavy atom. The van der Waals surface area contributed by atoms with Gasteiger partial charge < -0.3 is 0 Å². The van der Waals surface area contributed by atoms with E-state index in [4.69, 9.17) is 0 Å². The van der Waals surface area contributed by atoms with Crippen molar-refractivity contribution < 1.29 is 0 Å². The third-order valence-corrected chi connectivity index (χ3v) is 14.6. The summed E-state index contributed by atoms with van der Waals surface area (Å²) in [5.41, 5.74) is 25.7. The minimum absolute atomic E-state index is 0.0924. The average molecular weight is 749 g/mol. The van der Waals surface area contributed by atoms with Crippen LogP contribution in [-0.2, 0) is 16.2 Å². The second-order valence-electron chi connectivity index (χ2n) is 17.4. The molecule has 4 aliphatic carbocycles. The average Bonchev–Trinajstić information content (AvgIpc) is 3.85. The van der Waals surface area contributed by atoms with Gasteiger partial charge in [-0.3, -0.25) is 0 Å². The normalized spacial score (nSPS) is 15.7. The van der Waals surface area contributed by atoms with Crippen LogP contribution in [0.1, 0.15) is 69.5 Å². The van der Waals surface area contributed by atoms with Crippen molar-refractivity contribution in [1.82, 2.24) is 0 Å². The van der Waals surface area contributed by atoms with E-state index in [0.717, 1.165) is 0 Å². The molecule has 0 saturated carbocycles. The van der Waals surface area contributed by atoms with Crippen LogP contribution in [0.5, 0.6) is 0 Å². The zero-order valence-electron chi connectivity index (χ0n) is 33.1. The standard InChI is InChI=1S/C59H40/c1-57(2)47-25-8-3-21-45(47)46-24-15-22-39(55(46)57)37-33-35-38(36-34-37)40-23-16-32-54-56(40)59(50-28-11-6-19-43(50)44-20-7-12-29-51(44)59)53-31-14-13-30-52(53)58(54)48-26-9-4-17-41(48)42-18-5-10-27-49(42)58/h3-36H,1-2H3. The van der Waals surface area contributed by atoms with E-state index in [2.05, 4.69) is 220 Å². The fourth-order valence-electron chi connectivity index (χ4n) is 12.5. The third-order valence-electron chi connectivity index (χ3n) is 14.6. The molecular formula is C59H40. The SMILES string of the molecule is CC1(C)c2ccccc2-c2cccc(-c3ccc(-c4cccc5c4C4(c6ccccc6-c6ccccc64)c4ccccc4C54c5ccccc5-c5ccccc54)cc3)c21. The molecule has 0 fully saturated rings. The highest BCUT2D eigenvalue weighted by Crippen LogP contribution is 2.68. The number of hydrogen-bond acceptors (Lipinski definition) is 0. The van der Waals surface area contributed by atoms with Crippen molar-refractivity contribution in [1.29, 1.82) is 0 Å². The lowest BCUT2D eigenvalue weighted by atomic mass is 9.51. The van der Waals surface area contributed by atoms with Crippen LogP contribution in [0.15, 0.2) is 206 Å². The van der Waals surface area contributed by atoms with Crippen LogP contribution in [0.4, 0.5) is 0 Å². The highest BCUT2D eigenvalue weighted by Gasteiger charge is 2.59. The first-order valence-electron chi connectivity index (χ1n) is 21.0. The van der Waals surface area contributed by atoms with Gasteiger partial charge in [-0.25, -0.2) is 0 Å². The summed E-state index contributed by atoms with van der Waals surface area (Å²) in [6.07, 6.45) is 0. The Labute approximate surface area is 346 Å². The van der Waals surface area contributed by atoms with Crippen molar-refractivity contribution in [2.24, 2.45) is 0 Å². The van der Waals surface area contributed by atoms with Gasteiger partial charge in [0.25, 0.3) is 0 Å². The summed E-state index contributed by atoms with van der Waals surface area (Å²) in [4.78, 5) is 0. The number of rotatable bonds is 2. The van der Waals surface area contributed by atoms with Crippen LogP contribution < -0.4 is 0 Å². The maximum atomic E-state index is 2.46. The molecule has 276 valence electrons. The van der Waals surface area contributed by atoms with Crippen molar-refractivity contribution in [2.45, 2.75) is 30.1 Å². The predicted molar refractivity (Wildman–Crippen MR) is 243 cm³/mol. The monoisotopic (exact) mass is 748 g/mol. The molecule has 0 nitrogen and oxygen atoms in total. The molecular weight excluding hydrogens is 709 g/mol. The molecule has 0 aromatic heterocycles. The van der Waals surface area contributed by atoms with E-state index in [-0.39, 0.29) is 5.41 Å². The van der Waals surface area contributed by atoms with Gasteiger partial charge in [-0.05, 0) is 111 Å². The first-order chi connectivity index (χ1) is 29.1. The molecule has 0 radical (unpaired) electrons. The quantitative estimate of drug-likeness (QED) is 0.165. The minimum atomic E-state index is -0.540. The van der Waals surface area contributed by atoms with Crippen molar-refractivity contribution in [2.75, 3.05) is 0 Å². The lowest BCUT2D eigenvalue weighted by Gasteiger charge is -2.49. The molecule has 9 aromatic carbocycles. The zero-order valence-corrected chi connectivity index (χ0v) is 33.1. The Hall–Kier alpha value is -7.02. The van der Waals surface area contributed by atoms with E-state index >= 15 is 0 Å². The van der Waals surface area contributed by atoms with E-state index in [0.29, 0.717) is 0 Å². The predicted octanol–water partition coefficient (Wildman–Crippen LogP) is 14.4. The maximum absolute atomic E-state index is 2.46. The molecule has 0 heteroatoms. The smallest absolute Gasteiger partial charge is 0.0619 e. The van der Waals surface area contributed by atoms with E-state index < -0.39 is 10.8 Å². The fraction of sp³-hybridized carbons (Fsp3) is 0.0847. The van der Waals surface area contributed by atoms with Gasteiger partial charge in [0.05, 0.1) is 10.8 Å². The summed E-state index contributed by atoms with van der Waals surface area (Å²) in [6.45, 7) is 4.77. The van der Waals surface area contributed by atoms with Gasteiger partial charge in [0.1, 0.15) is 0 Å². The van der Waals surface area contributed by atoms with Crippen LogP contribution in [-0.4, -0.2) is 0 Å². The van der Waals surface area contributed by atoms with Crippen molar-refractivity contribution in [3.05, 3.63) is 262 Å². The first kappa shape index (κ1) is 33.0. The summed E-state index contributed by atoms with van der Waals surface area (Å²) in [6, 6.07) is 78.7. The second-order valence-corrected chi connectivity index (χ2v) is 17.4. The first-order valence-corrected chi connectivity index (χ1v) is 21.0. The van der Waals surface area contributed by atoms with Gasteiger partial charge in [0.2, 0.25) is 0 Å². The highest BCUT2D eigenvalue weighted by atomic mass is 14.6. The molecule has 0 atom stereocenters. The fourth-order valence-corrected chi connectivity index (χ4v) is 12.5. The molecule has 2 spiro atoms. The molecule has 59 heavy (non-hydrogen) atoms. The maximum Gasteiger partial charge on any atom is 0.0725 e. The van der Waals surface area contributed by atoms with E-state index in [1.54, 1.807) is 0 Å². The van der Waals surface area contributed by atoms with Gasteiger partial charge in [0, 0.05) is 5.41 Å². The molecule has 0 aliphatic heterocycles. The zero-order chi connectivity index (χ0) is 39.1. The molecule has 0 amide bonds. The summed E-state index contributed by atoms with van der Waals surface area (Å²) in [5, 5.41) is 0. The minimum Gasteiger partial charge on any atom is -0.0619 e. The Balaban J connectivity index is 1.12. The lowest BCUT2D eigenvalue weighted by Crippen LogP contribution is -2.44. The molecule has 4 aliphatic rings. The third kappa shape index (κ3) is 3.90. The van der Waals surface area contributed by atoms with Crippen LogP contribution in [0.2, 0.25) is 0 Å². The van der Waals surface area contributed by atoms with Crippen molar-refractivity contribution in [3.63, 3.8) is 0 Å². The largest absolute Gasteiger partial charge is 0.0725 e. The van der Waals surface area contributed by atoms with Crippen molar-refractivity contribution in [3.8, 4) is 55.6 Å². The Bertz CT molecular complexity index is 3150. The summed E-state index contributed by atoms with van der Waals surface area (Å²) in [7, 11) is 0. The van der Waals surface area contributed by atoms with Crippen LogP contribution in [0.25, 0.3) is 55.6 Å². The molecule has 9 aromatic rings. The van der Waals surface area contributed by atoms with Gasteiger partial charge in [0.15, 0.2) is 0 Å². The summed E-state index contributed by atoms with van der Waals surface area (Å²) in [5.74, 6) is 0. The lowest BCUT2D eigenvalue weighted by molar-refractivity contribution is 0.634. The van der Waals surface area contributed by atoms with Crippen LogP contribution in [0.3, 0.4) is 0 Å². The molecule has 0 N–H and O–H groups in total. The Kier molecular flexibility index (Phi) is 6.46. The topological polar surface area (TPSA) is 0 Å². The number of benzene rings is 9. The molecule has 0 heterocycles. The Morgan fingerprint density at radius 2 is 0.525 bits per heavy atom. The van der Waals surface area contributed by atoms with Crippen LogP contribution >= 0.6 is 0 Å². The summed E-state index contributed by atoms with van der Waals surface area (Å²) >= 11 is 0. The number of hydrogen-bond donors (Lipinski definition) is 0. The van der Waals surface area contributed by atoms with Gasteiger partial charge in [-0.1, -0.05) is 220 Å². The van der Waals surface area contributed by atoms with E-state index in [1.165, 1.54) is 111 Å². The molecule has 0 bridgehead atoms. The Morgan fingerprint density at radius 1 is 0.220 bits per heavy atom. The number of fused-ring (bicyclic) bond motifs is 19. The molecule has 13 rings (SSSR count). The van der Waals surface area contributed by atoms with Gasteiger partial charge >= 0.3 is 0 Å². The second kappa shape index (κ2) is 11.6. The van der Waals surface area contributed by atoms with Crippen LogP contribution in [0, 0.1) is 0 Å². The summed E-state index contributed by atoms with van der Waals surface area (Å²) < 4.78 is 0. The molecule has 0 unspecified atom stereocenters. The van der Waals surface area contributed by atoms with E-state index in [1.807, 2.05) is 0 Å². The van der Waals surface area contributed by atoms with Gasteiger partial charge in [-0.2, -0.15) is 0 Å². The van der Waals surface area contributed by atoms with Gasteiger partial charge in [-0.15, -0.1) is 0 Å².